The van der Waals surface area contributed by atoms with Crippen LogP contribution in [0.2, 0.25) is 0 Å². The number of hydrogen-bond donors (Lipinski definition) is 2. The van der Waals surface area contributed by atoms with Gasteiger partial charge >= 0.3 is 0 Å². The minimum absolute atomic E-state index is 0.0483. The van der Waals surface area contributed by atoms with Gasteiger partial charge in [-0.3, -0.25) is 0 Å². The lowest BCUT2D eigenvalue weighted by molar-refractivity contribution is 0.423. The summed E-state index contributed by atoms with van der Waals surface area (Å²) in [6.07, 6.45) is 6.38. The molecule has 0 amide bonds. The molecule has 4 nitrogen and oxygen atoms in total. The van der Waals surface area contributed by atoms with Crippen molar-refractivity contribution in [3.8, 4) is 0 Å². The van der Waals surface area contributed by atoms with Crippen molar-refractivity contribution in [3.63, 3.8) is 0 Å². The molecule has 0 radical (unpaired) electrons. The predicted octanol–water partition coefficient (Wildman–Crippen LogP) is 3.07. The van der Waals surface area contributed by atoms with E-state index < -0.39 is 10.0 Å². The Kier molecular flexibility index (Phi) is 5.96. The molecule has 1 aliphatic rings. The van der Waals surface area contributed by atoms with Gasteiger partial charge in [-0.1, -0.05) is 12.8 Å². The summed E-state index contributed by atoms with van der Waals surface area (Å²) in [4.78, 5) is 0.342. The Hall–Kier alpha value is -0.720. The van der Waals surface area contributed by atoms with Crippen LogP contribution in [0.15, 0.2) is 29.2 Å². The lowest BCUT2D eigenvalue weighted by atomic mass is 9.96. The van der Waals surface area contributed by atoms with E-state index in [1.54, 1.807) is 23.9 Å². The third kappa shape index (κ3) is 4.37. The van der Waals surface area contributed by atoms with Gasteiger partial charge in [0, 0.05) is 23.5 Å². The Bertz CT molecular complexity index is 543. The molecule has 0 aromatic heterocycles. The summed E-state index contributed by atoms with van der Waals surface area (Å²) >= 11 is 1.76. The minimum Gasteiger partial charge on any atom is -0.385 e. The quantitative estimate of drug-likeness (QED) is 0.842. The lowest BCUT2D eigenvalue weighted by Crippen LogP contribution is -2.43. The topological polar surface area (TPSA) is 58.2 Å². The third-order valence-electron chi connectivity index (χ3n) is 3.86. The van der Waals surface area contributed by atoms with Crippen LogP contribution < -0.4 is 10.0 Å². The van der Waals surface area contributed by atoms with Gasteiger partial charge in [0.1, 0.15) is 0 Å². The van der Waals surface area contributed by atoms with Gasteiger partial charge < -0.3 is 5.32 Å². The summed E-state index contributed by atoms with van der Waals surface area (Å²) < 4.78 is 27.9. The van der Waals surface area contributed by atoms with E-state index in [2.05, 4.69) is 16.3 Å². The molecule has 1 saturated carbocycles. The van der Waals surface area contributed by atoms with E-state index in [1.807, 2.05) is 19.1 Å². The standard InChI is InChI=1S/C15H24N2O2S2/c1-3-16-12-8-10-13(11-9-12)21(18,19)17-14-6-4-5-7-15(14)20-2/h8-11,14-17H,3-7H2,1-2H3. The van der Waals surface area contributed by atoms with Gasteiger partial charge in [0.2, 0.25) is 10.0 Å². The Labute approximate surface area is 132 Å². The van der Waals surface area contributed by atoms with Crippen LogP contribution in [0.5, 0.6) is 0 Å². The first-order valence-electron chi connectivity index (χ1n) is 7.46. The molecule has 1 aliphatic carbocycles. The number of thioether (sulfide) groups is 1. The van der Waals surface area contributed by atoms with E-state index in [9.17, 15) is 8.42 Å². The molecule has 0 spiro atoms. The molecule has 0 heterocycles. The van der Waals surface area contributed by atoms with Crippen molar-refractivity contribution in [1.82, 2.24) is 4.72 Å². The van der Waals surface area contributed by atoms with E-state index in [1.165, 1.54) is 6.42 Å². The fourth-order valence-electron chi connectivity index (χ4n) is 2.74. The van der Waals surface area contributed by atoms with Gasteiger partial charge in [-0.25, -0.2) is 13.1 Å². The summed E-state index contributed by atoms with van der Waals surface area (Å²) in [6, 6.07) is 7.00. The highest BCUT2D eigenvalue weighted by atomic mass is 32.2. The second-order valence-electron chi connectivity index (χ2n) is 5.34. The van der Waals surface area contributed by atoms with E-state index in [0.717, 1.165) is 31.5 Å². The number of nitrogens with one attached hydrogen (secondary N) is 2. The van der Waals surface area contributed by atoms with Gasteiger partial charge in [-0.2, -0.15) is 11.8 Å². The number of anilines is 1. The number of rotatable bonds is 6. The molecule has 2 atom stereocenters. The molecule has 2 rings (SSSR count). The lowest BCUT2D eigenvalue weighted by Gasteiger charge is -2.30. The molecule has 1 aromatic carbocycles. The maximum Gasteiger partial charge on any atom is 0.240 e. The van der Waals surface area contributed by atoms with E-state index >= 15 is 0 Å². The zero-order chi connectivity index (χ0) is 15.3. The van der Waals surface area contributed by atoms with Gasteiger partial charge in [-0.15, -0.1) is 0 Å². The van der Waals surface area contributed by atoms with Crippen molar-refractivity contribution in [2.24, 2.45) is 0 Å². The number of hydrogen-bond acceptors (Lipinski definition) is 4. The van der Waals surface area contributed by atoms with Crippen molar-refractivity contribution in [2.75, 3.05) is 18.1 Å². The second kappa shape index (κ2) is 7.51. The fourth-order valence-corrected chi connectivity index (χ4v) is 5.07. The average molecular weight is 329 g/mol. The maximum absolute atomic E-state index is 12.5. The maximum atomic E-state index is 12.5. The van der Waals surface area contributed by atoms with Crippen molar-refractivity contribution < 1.29 is 8.42 Å². The normalized spacial score (nSPS) is 23.0. The molecule has 0 saturated heterocycles. The van der Waals surface area contributed by atoms with Crippen LogP contribution in [0, 0.1) is 0 Å². The largest absolute Gasteiger partial charge is 0.385 e. The SMILES string of the molecule is CCNc1ccc(S(=O)(=O)NC2CCCCC2SC)cc1. The van der Waals surface area contributed by atoms with E-state index in [4.69, 9.17) is 0 Å². The van der Waals surface area contributed by atoms with Crippen LogP contribution in [0.4, 0.5) is 5.69 Å². The van der Waals surface area contributed by atoms with Crippen LogP contribution in [0.3, 0.4) is 0 Å². The first kappa shape index (κ1) is 16.6. The van der Waals surface area contributed by atoms with Crippen molar-refractivity contribution in [2.45, 2.75) is 48.8 Å². The Balaban J connectivity index is 2.10. The summed E-state index contributed by atoms with van der Waals surface area (Å²) in [5, 5.41) is 3.55. The molecule has 2 unspecified atom stereocenters. The second-order valence-corrected chi connectivity index (χ2v) is 8.13. The zero-order valence-corrected chi connectivity index (χ0v) is 14.3. The Morgan fingerprint density at radius 2 is 1.86 bits per heavy atom. The van der Waals surface area contributed by atoms with Crippen LogP contribution >= 0.6 is 11.8 Å². The van der Waals surface area contributed by atoms with Crippen LogP contribution in [-0.2, 0) is 10.0 Å². The molecular formula is C15H24N2O2S2. The van der Waals surface area contributed by atoms with E-state index in [-0.39, 0.29) is 6.04 Å². The molecule has 21 heavy (non-hydrogen) atoms. The Morgan fingerprint density at radius 1 is 1.19 bits per heavy atom. The summed E-state index contributed by atoms with van der Waals surface area (Å²) in [7, 11) is -3.43. The number of benzene rings is 1. The molecule has 118 valence electrons. The molecule has 6 heteroatoms. The molecule has 0 aliphatic heterocycles. The van der Waals surface area contributed by atoms with Gasteiger partial charge in [0.15, 0.2) is 0 Å². The molecular weight excluding hydrogens is 304 g/mol. The van der Waals surface area contributed by atoms with Crippen molar-refractivity contribution in [1.29, 1.82) is 0 Å². The van der Waals surface area contributed by atoms with E-state index in [0.29, 0.717) is 10.1 Å². The highest BCUT2D eigenvalue weighted by molar-refractivity contribution is 7.99. The third-order valence-corrected chi connectivity index (χ3v) is 6.53. The highest BCUT2D eigenvalue weighted by Gasteiger charge is 2.28. The highest BCUT2D eigenvalue weighted by Crippen LogP contribution is 2.28. The zero-order valence-electron chi connectivity index (χ0n) is 12.6. The summed E-state index contributed by atoms with van der Waals surface area (Å²) in [5.74, 6) is 0. The molecule has 0 bridgehead atoms. The minimum atomic E-state index is -3.43. The summed E-state index contributed by atoms with van der Waals surface area (Å²) in [5.41, 5.74) is 0.941. The first-order valence-corrected chi connectivity index (χ1v) is 10.2. The van der Waals surface area contributed by atoms with Crippen LogP contribution in [0.25, 0.3) is 0 Å². The van der Waals surface area contributed by atoms with Crippen LogP contribution in [-0.4, -0.2) is 32.5 Å². The van der Waals surface area contributed by atoms with Gasteiger partial charge in [0.05, 0.1) is 4.90 Å². The van der Waals surface area contributed by atoms with Crippen LogP contribution in [0.1, 0.15) is 32.6 Å². The average Bonchev–Trinajstić information content (AvgIpc) is 2.48. The van der Waals surface area contributed by atoms with Gasteiger partial charge in [0.25, 0.3) is 0 Å². The molecule has 2 N–H and O–H groups in total. The van der Waals surface area contributed by atoms with Crippen molar-refractivity contribution in [3.05, 3.63) is 24.3 Å². The van der Waals surface area contributed by atoms with Crippen molar-refractivity contribution >= 4 is 27.5 Å². The monoisotopic (exact) mass is 328 g/mol. The Morgan fingerprint density at radius 3 is 2.48 bits per heavy atom. The fraction of sp³-hybridized carbons (Fsp3) is 0.600. The first-order chi connectivity index (χ1) is 10.1. The number of sulfonamides is 1. The molecule has 1 aromatic rings. The van der Waals surface area contributed by atoms with Gasteiger partial charge in [-0.05, 0) is 50.3 Å². The smallest absolute Gasteiger partial charge is 0.240 e. The summed E-state index contributed by atoms with van der Waals surface area (Å²) in [6.45, 7) is 2.83. The predicted molar refractivity (Wildman–Crippen MR) is 90.5 cm³/mol. The molecule has 1 fully saturated rings.